The number of ether oxygens (including phenoxy) is 2. The molecule has 0 amide bonds. The number of rotatable bonds is 3. The third-order valence-electron chi connectivity index (χ3n) is 2.71. The number of halogens is 1. The van der Waals surface area contributed by atoms with Crippen LogP contribution in [0.1, 0.15) is 18.4 Å². The lowest BCUT2D eigenvalue weighted by Gasteiger charge is -2.12. The summed E-state index contributed by atoms with van der Waals surface area (Å²) >= 11 is 0. The van der Waals surface area contributed by atoms with Gasteiger partial charge in [-0.05, 0) is 31.0 Å². The Bertz CT molecular complexity index is 459. The molecule has 0 saturated carbocycles. The van der Waals surface area contributed by atoms with Crippen LogP contribution in [-0.4, -0.2) is 25.9 Å². The summed E-state index contributed by atoms with van der Waals surface area (Å²) in [6.45, 7) is 1.42. The minimum atomic E-state index is -0.383. The van der Waals surface area contributed by atoms with E-state index in [2.05, 4.69) is 11.8 Å². The van der Waals surface area contributed by atoms with Gasteiger partial charge in [-0.2, -0.15) is 0 Å². The molecule has 1 fully saturated rings. The smallest absolute Gasteiger partial charge is 0.165 e. The van der Waals surface area contributed by atoms with Gasteiger partial charge in [0, 0.05) is 12.2 Å². The highest BCUT2D eigenvalue weighted by molar-refractivity contribution is 5.40. The molecule has 18 heavy (non-hydrogen) atoms. The van der Waals surface area contributed by atoms with E-state index in [1.54, 1.807) is 12.1 Å². The van der Waals surface area contributed by atoms with E-state index in [1.165, 1.54) is 6.07 Å². The van der Waals surface area contributed by atoms with E-state index in [0.29, 0.717) is 12.2 Å². The summed E-state index contributed by atoms with van der Waals surface area (Å²) in [5, 5.41) is 0. The average molecular weight is 249 g/mol. The Morgan fingerprint density at radius 1 is 1.50 bits per heavy atom. The highest BCUT2D eigenvalue weighted by atomic mass is 19.1. The molecule has 1 aromatic rings. The molecular weight excluding hydrogens is 233 g/mol. The third-order valence-corrected chi connectivity index (χ3v) is 2.71. The standard InChI is InChI=1S/C14H16FNO2/c15-13-6-5-11(3-1-7-16)9-14(13)18-10-12-4-2-8-17-12/h5-6,9,12H,2,4,7-8,10,16H2. The van der Waals surface area contributed by atoms with Crippen LogP contribution in [0.5, 0.6) is 5.75 Å². The average Bonchev–Trinajstić information content (AvgIpc) is 2.89. The maximum absolute atomic E-state index is 13.5. The summed E-state index contributed by atoms with van der Waals surface area (Å²) in [6.07, 6.45) is 2.08. The lowest BCUT2D eigenvalue weighted by molar-refractivity contribution is 0.0665. The van der Waals surface area contributed by atoms with Gasteiger partial charge in [0.2, 0.25) is 0 Å². The van der Waals surface area contributed by atoms with Gasteiger partial charge < -0.3 is 15.2 Å². The van der Waals surface area contributed by atoms with Crippen molar-refractivity contribution in [1.29, 1.82) is 0 Å². The Hall–Kier alpha value is -1.57. The van der Waals surface area contributed by atoms with E-state index in [9.17, 15) is 4.39 Å². The van der Waals surface area contributed by atoms with E-state index in [0.717, 1.165) is 19.4 Å². The van der Waals surface area contributed by atoms with Crippen LogP contribution in [0.4, 0.5) is 4.39 Å². The molecule has 0 bridgehead atoms. The summed E-state index contributed by atoms with van der Waals surface area (Å²) in [5.41, 5.74) is 5.99. The first kappa shape index (κ1) is 12.9. The van der Waals surface area contributed by atoms with Crippen LogP contribution in [-0.2, 0) is 4.74 Å². The van der Waals surface area contributed by atoms with Crippen LogP contribution in [0.2, 0.25) is 0 Å². The van der Waals surface area contributed by atoms with Crippen molar-refractivity contribution in [2.24, 2.45) is 5.73 Å². The Labute approximate surface area is 106 Å². The van der Waals surface area contributed by atoms with Crippen molar-refractivity contribution in [3.63, 3.8) is 0 Å². The highest BCUT2D eigenvalue weighted by Crippen LogP contribution is 2.20. The lowest BCUT2D eigenvalue weighted by Crippen LogP contribution is -2.16. The van der Waals surface area contributed by atoms with Gasteiger partial charge >= 0.3 is 0 Å². The van der Waals surface area contributed by atoms with Gasteiger partial charge in [-0.3, -0.25) is 0 Å². The van der Waals surface area contributed by atoms with E-state index < -0.39 is 0 Å². The molecule has 1 atom stereocenters. The van der Waals surface area contributed by atoms with Gasteiger partial charge in [-0.15, -0.1) is 0 Å². The quantitative estimate of drug-likeness (QED) is 0.829. The third kappa shape index (κ3) is 3.46. The highest BCUT2D eigenvalue weighted by Gasteiger charge is 2.16. The molecule has 1 aliphatic heterocycles. The molecule has 0 aromatic heterocycles. The van der Waals surface area contributed by atoms with Crippen LogP contribution in [0.15, 0.2) is 18.2 Å². The largest absolute Gasteiger partial charge is 0.488 e. The van der Waals surface area contributed by atoms with Gasteiger partial charge in [0.1, 0.15) is 6.61 Å². The Kier molecular flexibility index (Phi) is 4.57. The van der Waals surface area contributed by atoms with Gasteiger partial charge in [-0.25, -0.2) is 4.39 Å². The minimum absolute atomic E-state index is 0.0724. The predicted octanol–water partition coefficient (Wildman–Crippen LogP) is 1.69. The molecule has 96 valence electrons. The van der Waals surface area contributed by atoms with Gasteiger partial charge in [-0.1, -0.05) is 11.8 Å². The second-order valence-corrected chi connectivity index (χ2v) is 4.10. The number of hydrogen-bond acceptors (Lipinski definition) is 3. The fourth-order valence-electron chi connectivity index (χ4n) is 1.80. The fraction of sp³-hybridized carbons (Fsp3) is 0.429. The molecule has 1 aliphatic rings. The van der Waals surface area contributed by atoms with Gasteiger partial charge in [0.05, 0.1) is 12.6 Å². The molecule has 1 heterocycles. The number of hydrogen-bond donors (Lipinski definition) is 1. The zero-order chi connectivity index (χ0) is 12.8. The zero-order valence-corrected chi connectivity index (χ0v) is 10.1. The van der Waals surface area contributed by atoms with E-state index in [4.69, 9.17) is 15.2 Å². The monoisotopic (exact) mass is 249 g/mol. The van der Waals surface area contributed by atoms with Crippen molar-refractivity contribution in [1.82, 2.24) is 0 Å². The van der Waals surface area contributed by atoms with Crippen LogP contribution < -0.4 is 10.5 Å². The van der Waals surface area contributed by atoms with Crippen molar-refractivity contribution < 1.29 is 13.9 Å². The molecule has 2 N–H and O–H groups in total. The summed E-state index contributed by atoms with van der Waals surface area (Å²) in [5.74, 6) is 5.40. The van der Waals surface area contributed by atoms with Gasteiger partial charge in [0.25, 0.3) is 0 Å². The molecule has 0 spiro atoms. The summed E-state index contributed by atoms with van der Waals surface area (Å²) in [6, 6.07) is 4.55. The Morgan fingerprint density at radius 3 is 3.11 bits per heavy atom. The molecule has 1 saturated heterocycles. The number of benzene rings is 1. The summed E-state index contributed by atoms with van der Waals surface area (Å²) in [7, 11) is 0. The second-order valence-electron chi connectivity index (χ2n) is 4.10. The van der Waals surface area contributed by atoms with Crippen molar-refractivity contribution >= 4 is 0 Å². The maximum atomic E-state index is 13.5. The first-order valence-electron chi connectivity index (χ1n) is 6.02. The molecule has 0 radical (unpaired) electrons. The maximum Gasteiger partial charge on any atom is 0.165 e. The SMILES string of the molecule is NCC#Cc1ccc(F)c(OCC2CCCO2)c1. The van der Waals surface area contributed by atoms with Crippen LogP contribution >= 0.6 is 0 Å². The van der Waals surface area contributed by atoms with Crippen LogP contribution in [0.3, 0.4) is 0 Å². The van der Waals surface area contributed by atoms with Crippen molar-refractivity contribution in [2.75, 3.05) is 19.8 Å². The second kappa shape index (κ2) is 6.39. The Morgan fingerprint density at radius 2 is 2.39 bits per heavy atom. The number of nitrogens with two attached hydrogens (primary N) is 1. The van der Waals surface area contributed by atoms with Crippen LogP contribution in [0.25, 0.3) is 0 Å². The fourth-order valence-corrected chi connectivity index (χ4v) is 1.80. The molecule has 1 aromatic carbocycles. The summed E-state index contributed by atoms with van der Waals surface area (Å²) in [4.78, 5) is 0. The lowest BCUT2D eigenvalue weighted by atomic mass is 10.2. The minimum Gasteiger partial charge on any atom is -0.488 e. The molecule has 4 heteroatoms. The van der Waals surface area contributed by atoms with E-state index >= 15 is 0 Å². The molecule has 1 unspecified atom stereocenters. The normalized spacial score (nSPS) is 18.2. The van der Waals surface area contributed by atoms with Gasteiger partial charge in [0.15, 0.2) is 11.6 Å². The topological polar surface area (TPSA) is 44.5 Å². The first-order chi connectivity index (χ1) is 8.79. The molecule has 2 rings (SSSR count). The van der Waals surface area contributed by atoms with Crippen molar-refractivity contribution in [3.05, 3.63) is 29.6 Å². The Balaban J connectivity index is 2.01. The van der Waals surface area contributed by atoms with E-state index in [1.807, 2.05) is 0 Å². The van der Waals surface area contributed by atoms with Crippen molar-refractivity contribution in [2.45, 2.75) is 18.9 Å². The molecule has 3 nitrogen and oxygen atoms in total. The van der Waals surface area contributed by atoms with E-state index in [-0.39, 0.29) is 24.2 Å². The first-order valence-corrected chi connectivity index (χ1v) is 6.02. The zero-order valence-electron chi connectivity index (χ0n) is 10.1. The predicted molar refractivity (Wildman–Crippen MR) is 66.8 cm³/mol. The molecular formula is C14H16FNO2. The molecule has 0 aliphatic carbocycles. The van der Waals surface area contributed by atoms with Crippen LogP contribution in [0, 0.1) is 17.7 Å². The summed E-state index contributed by atoms with van der Waals surface area (Å²) < 4.78 is 24.4. The van der Waals surface area contributed by atoms with Crippen molar-refractivity contribution in [3.8, 4) is 17.6 Å².